The number of carbonyl (C=O) groups excluding carboxylic acids is 4. The monoisotopic (exact) mass is 775 g/mol. The van der Waals surface area contributed by atoms with Crippen LogP contribution in [0.15, 0.2) is 84.9 Å². The number of nitrogens with zero attached hydrogens (tertiary/aromatic N) is 4. The van der Waals surface area contributed by atoms with E-state index in [0.29, 0.717) is 25.2 Å². The smallest absolute Gasteiger partial charge is 0.419 e. The van der Waals surface area contributed by atoms with E-state index in [2.05, 4.69) is 10.2 Å². The van der Waals surface area contributed by atoms with Crippen LogP contribution in [0.25, 0.3) is 6.08 Å². The van der Waals surface area contributed by atoms with E-state index in [1.54, 1.807) is 17.1 Å². The van der Waals surface area contributed by atoms with Gasteiger partial charge in [0.15, 0.2) is 0 Å². The Hall–Kier alpha value is -5.24. The first-order chi connectivity index (χ1) is 27.0. The number of likely N-dealkylation sites (tertiary alicyclic amines) is 3. The van der Waals surface area contributed by atoms with E-state index in [4.69, 9.17) is 4.74 Å². The average molecular weight is 776 g/mol. The number of piperidine rings is 2. The van der Waals surface area contributed by atoms with Crippen LogP contribution in [0.2, 0.25) is 0 Å². The van der Waals surface area contributed by atoms with Gasteiger partial charge in [-0.2, -0.15) is 13.2 Å². The number of nitrogens with one attached hydrogen (secondary N) is 1. The van der Waals surface area contributed by atoms with E-state index in [1.807, 2.05) is 60.7 Å². The third-order valence-corrected chi connectivity index (χ3v) is 11.4. The van der Waals surface area contributed by atoms with Crippen LogP contribution in [0, 0.1) is 5.82 Å². The quantitative estimate of drug-likeness (QED) is 0.185. The molecule has 3 aromatic carbocycles. The van der Waals surface area contributed by atoms with Crippen molar-refractivity contribution in [1.29, 1.82) is 0 Å². The lowest BCUT2D eigenvalue weighted by Crippen LogP contribution is -2.74. The number of hydrogen-bond acceptors (Lipinski definition) is 6. The highest BCUT2D eigenvalue weighted by Crippen LogP contribution is 2.39. The number of hydrogen-bond donors (Lipinski definition) is 1. The molecule has 0 unspecified atom stereocenters. The second-order valence-electron chi connectivity index (χ2n) is 14.8. The van der Waals surface area contributed by atoms with E-state index in [0.717, 1.165) is 62.0 Å². The summed E-state index contributed by atoms with van der Waals surface area (Å²) in [6.45, 7) is 2.37. The van der Waals surface area contributed by atoms with E-state index in [-0.39, 0.29) is 12.5 Å². The van der Waals surface area contributed by atoms with Gasteiger partial charge in [0.1, 0.15) is 24.5 Å². The van der Waals surface area contributed by atoms with Gasteiger partial charge in [-0.25, -0.2) is 9.18 Å². The molecular weight excluding hydrogens is 730 g/mol. The minimum absolute atomic E-state index is 0.0000824. The van der Waals surface area contributed by atoms with Gasteiger partial charge in [-0.05, 0) is 56.0 Å². The van der Waals surface area contributed by atoms with Crippen molar-refractivity contribution in [2.75, 3.05) is 32.8 Å². The normalized spacial score (nSPS) is 22.9. The number of cyclic esters (lactones) is 1. The van der Waals surface area contributed by atoms with E-state index in [1.165, 1.54) is 16.2 Å². The summed E-state index contributed by atoms with van der Waals surface area (Å²) < 4.78 is 61.0. The number of β-lactam (4-membered cyclic amide) rings is 1. The zero-order chi connectivity index (χ0) is 39.4. The Morgan fingerprint density at radius 1 is 0.875 bits per heavy atom. The van der Waals surface area contributed by atoms with Gasteiger partial charge in [0.05, 0.1) is 24.1 Å². The standard InChI is InChI=1S/C42H45F4N5O5/c43-37-30(15-10-16-32(37)42(44,45)46)26-47-39(53)34(25-36(52)49-23-19-31(20-24-49)48-21-8-3-9-22-48)50-33(18-17-28-11-4-1-5-12-28)38(40(50)54)51-35(27-56-41(51)55)29-13-6-2-7-14-29/h1-2,4-7,10-18,31,33-35,38H,3,8-9,19-27H2,(H,47,53)/b18-17+/t33-,34-,35-,38+/m1/s1. The van der Waals surface area contributed by atoms with Crippen molar-refractivity contribution in [3.63, 3.8) is 0 Å². The maximum atomic E-state index is 15.0. The van der Waals surface area contributed by atoms with Crippen LogP contribution in [0.1, 0.15) is 66.8 Å². The molecule has 4 heterocycles. The van der Waals surface area contributed by atoms with Crippen molar-refractivity contribution in [1.82, 2.24) is 24.9 Å². The zero-order valence-electron chi connectivity index (χ0n) is 30.9. The summed E-state index contributed by atoms with van der Waals surface area (Å²) in [5, 5.41) is 2.52. The molecule has 56 heavy (non-hydrogen) atoms. The van der Waals surface area contributed by atoms with Crippen LogP contribution in [-0.2, 0) is 31.8 Å². The highest BCUT2D eigenvalue weighted by Gasteiger charge is 2.58. The fourth-order valence-electron chi connectivity index (χ4n) is 8.42. The van der Waals surface area contributed by atoms with Gasteiger partial charge in [0.2, 0.25) is 17.7 Å². The topological polar surface area (TPSA) is 103 Å². The minimum Gasteiger partial charge on any atom is -0.447 e. The molecule has 3 aromatic rings. The first-order valence-corrected chi connectivity index (χ1v) is 19.2. The van der Waals surface area contributed by atoms with Crippen LogP contribution < -0.4 is 5.32 Å². The van der Waals surface area contributed by atoms with Gasteiger partial charge in [0.25, 0.3) is 0 Å². The van der Waals surface area contributed by atoms with Crippen LogP contribution >= 0.6 is 0 Å². The van der Waals surface area contributed by atoms with Crippen molar-refractivity contribution in [3.8, 4) is 0 Å². The molecule has 0 saturated carbocycles. The number of rotatable bonds is 11. The number of carbonyl (C=O) groups is 4. The molecular formula is C42H45F4N5O5. The summed E-state index contributed by atoms with van der Waals surface area (Å²) in [6.07, 6.45) is 2.42. The molecule has 4 aliphatic rings. The fraction of sp³-hybridized carbons (Fsp3) is 0.429. The first kappa shape index (κ1) is 39.0. The predicted octanol–water partition coefficient (Wildman–Crippen LogP) is 6.18. The summed E-state index contributed by atoms with van der Waals surface area (Å²) in [5.41, 5.74) is -0.350. The predicted molar refractivity (Wildman–Crippen MR) is 199 cm³/mol. The zero-order valence-corrected chi connectivity index (χ0v) is 30.9. The van der Waals surface area contributed by atoms with Crippen molar-refractivity contribution in [2.24, 2.45) is 0 Å². The largest absolute Gasteiger partial charge is 0.447 e. The summed E-state index contributed by atoms with van der Waals surface area (Å²) >= 11 is 0. The van der Waals surface area contributed by atoms with Crippen molar-refractivity contribution in [2.45, 2.75) is 81.5 Å². The van der Waals surface area contributed by atoms with Gasteiger partial charge < -0.3 is 24.8 Å². The fourth-order valence-corrected chi connectivity index (χ4v) is 8.42. The lowest BCUT2D eigenvalue weighted by molar-refractivity contribution is -0.164. The molecule has 4 amide bonds. The molecule has 7 rings (SSSR count). The van der Waals surface area contributed by atoms with E-state index >= 15 is 4.39 Å². The lowest BCUT2D eigenvalue weighted by atomic mass is 9.87. The number of amides is 4. The summed E-state index contributed by atoms with van der Waals surface area (Å²) in [5.74, 6) is -3.33. The van der Waals surface area contributed by atoms with Crippen molar-refractivity contribution >= 4 is 29.9 Å². The second-order valence-corrected chi connectivity index (χ2v) is 14.8. The van der Waals surface area contributed by atoms with Gasteiger partial charge in [0, 0.05) is 31.2 Å². The number of ether oxygens (including phenoxy) is 1. The maximum absolute atomic E-state index is 15.0. The van der Waals surface area contributed by atoms with Crippen LogP contribution in [0.5, 0.6) is 0 Å². The Bertz CT molecular complexity index is 1920. The summed E-state index contributed by atoms with van der Waals surface area (Å²) in [4.78, 5) is 62.8. The number of benzene rings is 3. The SMILES string of the molecule is O=C(NCc1cccc(C(F)(F)F)c1F)[C@@H](CC(=O)N1CCC(N2CCCCC2)CC1)N1C(=O)[C@@H](N2C(=O)OC[C@@H]2c2ccccc2)[C@H]1/C=C/c1ccccc1. The van der Waals surface area contributed by atoms with Gasteiger partial charge in [-0.1, -0.05) is 91.4 Å². The average Bonchev–Trinajstić information content (AvgIpc) is 3.58. The summed E-state index contributed by atoms with van der Waals surface area (Å²) in [6, 6.07) is 17.4. The molecule has 4 atom stereocenters. The van der Waals surface area contributed by atoms with Gasteiger partial charge >= 0.3 is 12.3 Å². The molecule has 0 aliphatic carbocycles. The van der Waals surface area contributed by atoms with Crippen molar-refractivity contribution < 1.29 is 41.5 Å². The molecule has 0 bridgehead atoms. The van der Waals surface area contributed by atoms with Gasteiger partial charge in [-0.3, -0.25) is 19.3 Å². The third-order valence-electron chi connectivity index (χ3n) is 11.4. The Kier molecular flexibility index (Phi) is 11.7. The number of halogens is 4. The Morgan fingerprint density at radius 3 is 2.23 bits per heavy atom. The Balaban J connectivity index is 1.18. The summed E-state index contributed by atoms with van der Waals surface area (Å²) in [7, 11) is 0. The maximum Gasteiger partial charge on any atom is 0.419 e. The molecule has 10 nitrogen and oxygen atoms in total. The molecule has 1 N–H and O–H groups in total. The minimum atomic E-state index is -4.95. The highest BCUT2D eigenvalue weighted by atomic mass is 19.4. The van der Waals surface area contributed by atoms with Crippen LogP contribution in [0.4, 0.5) is 22.4 Å². The first-order valence-electron chi connectivity index (χ1n) is 19.2. The molecule has 4 fully saturated rings. The molecule has 0 spiro atoms. The molecule has 0 radical (unpaired) electrons. The lowest BCUT2D eigenvalue weighted by Gasteiger charge is -2.52. The second kappa shape index (κ2) is 16.9. The van der Waals surface area contributed by atoms with E-state index in [9.17, 15) is 32.3 Å². The molecule has 4 aliphatic heterocycles. The molecule has 0 aromatic heterocycles. The van der Waals surface area contributed by atoms with Crippen molar-refractivity contribution in [3.05, 3.63) is 113 Å². The van der Waals surface area contributed by atoms with Crippen LogP contribution in [0.3, 0.4) is 0 Å². The van der Waals surface area contributed by atoms with Gasteiger partial charge in [-0.15, -0.1) is 0 Å². The molecule has 14 heteroatoms. The van der Waals surface area contributed by atoms with E-state index < -0.39 is 78.2 Å². The number of alkyl halides is 3. The Labute approximate surface area is 323 Å². The molecule has 296 valence electrons. The van der Waals surface area contributed by atoms with Crippen LogP contribution in [-0.4, -0.2) is 100 Å². The third kappa shape index (κ3) is 8.30. The highest BCUT2D eigenvalue weighted by molar-refractivity contribution is 5.99. The molecule has 4 saturated heterocycles. The Morgan fingerprint density at radius 2 is 1.55 bits per heavy atom.